The maximum atomic E-state index is 10.5. The average molecular weight is 375 g/mol. The molecule has 0 fully saturated rings. The molecule has 0 aromatic heterocycles. The number of hydrogen-bond acceptors (Lipinski definition) is 7. The highest BCUT2D eigenvalue weighted by atomic mass is 16.5. The SMILES string of the molecule is COc1cc(CC2c3ccccc3CC(O)N2O)c(OC)c(OC)c1OC. The van der Waals surface area contributed by atoms with E-state index in [4.69, 9.17) is 18.9 Å². The lowest BCUT2D eigenvalue weighted by Gasteiger charge is -2.36. The number of rotatable bonds is 6. The second-order valence-electron chi connectivity index (χ2n) is 6.32. The molecule has 0 saturated carbocycles. The summed E-state index contributed by atoms with van der Waals surface area (Å²) in [7, 11) is 6.16. The summed E-state index contributed by atoms with van der Waals surface area (Å²) in [5, 5.41) is 21.8. The molecule has 0 amide bonds. The van der Waals surface area contributed by atoms with Gasteiger partial charge in [-0.05, 0) is 23.6 Å². The van der Waals surface area contributed by atoms with Crippen LogP contribution in [-0.2, 0) is 12.8 Å². The number of hydrogen-bond donors (Lipinski definition) is 2. The van der Waals surface area contributed by atoms with Gasteiger partial charge >= 0.3 is 0 Å². The summed E-state index contributed by atoms with van der Waals surface area (Å²) < 4.78 is 21.9. The van der Waals surface area contributed by atoms with Gasteiger partial charge in [-0.15, -0.1) is 0 Å². The van der Waals surface area contributed by atoms with Crippen LogP contribution >= 0.6 is 0 Å². The van der Waals surface area contributed by atoms with Crippen LogP contribution < -0.4 is 18.9 Å². The van der Waals surface area contributed by atoms with Crippen LogP contribution in [0.2, 0.25) is 0 Å². The van der Waals surface area contributed by atoms with Crippen LogP contribution in [0.25, 0.3) is 0 Å². The standard InChI is InChI=1S/C20H25NO6/c1-24-16-10-13(18(25-2)20(27-4)19(16)26-3)9-15-14-8-6-5-7-12(14)11-17(22)21(15)23/h5-8,10,15,17,22-23H,9,11H2,1-4H3. The Bertz CT molecular complexity index is 809. The Morgan fingerprint density at radius 2 is 1.63 bits per heavy atom. The third kappa shape index (κ3) is 3.41. The van der Waals surface area contributed by atoms with Crippen molar-refractivity contribution in [3.8, 4) is 23.0 Å². The number of benzene rings is 2. The molecule has 2 aromatic rings. The Hall–Kier alpha value is -2.48. The van der Waals surface area contributed by atoms with Gasteiger partial charge in [-0.3, -0.25) is 0 Å². The fourth-order valence-electron chi connectivity index (χ4n) is 3.65. The second-order valence-corrected chi connectivity index (χ2v) is 6.32. The zero-order valence-corrected chi connectivity index (χ0v) is 15.9. The first-order valence-corrected chi connectivity index (χ1v) is 8.64. The predicted octanol–water partition coefficient (Wildman–Crippen LogP) is 2.57. The van der Waals surface area contributed by atoms with Crippen molar-refractivity contribution in [2.45, 2.75) is 25.1 Å². The molecule has 7 nitrogen and oxygen atoms in total. The van der Waals surface area contributed by atoms with Crippen LogP contribution in [-0.4, -0.2) is 50.0 Å². The van der Waals surface area contributed by atoms with Gasteiger partial charge in [-0.2, -0.15) is 5.06 Å². The minimum Gasteiger partial charge on any atom is -0.493 e. The van der Waals surface area contributed by atoms with E-state index < -0.39 is 12.3 Å². The molecule has 3 rings (SSSR count). The summed E-state index contributed by atoms with van der Waals surface area (Å²) in [5.74, 6) is 1.86. The van der Waals surface area contributed by atoms with Crippen LogP contribution in [0.3, 0.4) is 0 Å². The minimum absolute atomic E-state index is 0.371. The molecular weight excluding hydrogens is 350 g/mol. The van der Waals surface area contributed by atoms with E-state index in [2.05, 4.69) is 0 Å². The average Bonchev–Trinajstić information content (AvgIpc) is 2.69. The molecule has 27 heavy (non-hydrogen) atoms. The quantitative estimate of drug-likeness (QED) is 0.803. The van der Waals surface area contributed by atoms with Crippen LogP contribution in [0.1, 0.15) is 22.7 Å². The highest BCUT2D eigenvalue weighted by molar-refractivity contribution is 5.63. The van der Waals surface area contributed by atoms with Crippen LogP contribution in [0.4, 0.5) is 0 Å². The first-order valence-electron chi connectivity index (χ1n) is 8.64. The van der Waals surface area contributed by atoms with Gasteiger partial charge in [-0.25, -0.2) is 0 Å². The summed E-state index contributed by atoms with van der Waals surface area (Å²) in [6.07, 6.45) is -0.224. The Balaban J connectivity index is 2.09. The van der Waals surface area contributed by atoms with Gasteiger partial charge in [0.25, 0.3) is 0 Å². The minimum atomic E-state index is -0.974. The van der Waals surface area contributed by atoms with E-state index >= 15 is 0 Å². The van der Waals surface area contributed by atoms with E-state index in [9.17, 15) is 10.3 Å². The number of methoxy groups -OCH3 is 4. The molecule has 1 aliphatic rings. The highest BCUT2D eigenvalue weighted by Gasteiger charge is 2.34. The molecule has 0 spiro atoms. The van der Waals surface area contributed by atoms with Crippen molar-refractivity contribution in [1.29, 1.82) is 0 Å². The van der Waals surface area contributed by atoms with Gasteiger partial charge in [0.15, 0.2) is 11.5 Å². The van der Waals surface area contributed by atoms with Gasteiger partial charge in [0.05, 0.1) is 34.5 Å². The normalized spacial score (nSPS) is 19.3. The van der Waals surface area contributed by atoms with Gasteiger partial charge in [-0.1, -0.05) is 24.3 Å². The molecule has 2 unspecified atom stereocenters. The van der Waals surface area contributed by atoms with Crippen molar-refractivity contribution in [1.82, 2.24) is 5.06 Å². The predicted molar refractivity (Wildman–Crippen MR) is 98.9 cm³/mol. The first-order chi connectivity index (χ1) is 13.0. The number of aliphatic hydroxyl groups excluding tert-OH is 1. The van der Waals surface area contributed by atoms with Crippen LogP contribution in [0.15, 0.2) is 30.3 Å². The van der Waals surface area contributed by atoms with E-state index in [0.717, 1.165) is 21.8 Å². The van der Waals surface area contributed by atoms with Crippen LogP contribution in [0.5, 0.6) is 23.0 Å². The molecule has 2 aromatic carbocycles. The molecule has 2 N–H and O–H groups in total. The van der Waals surface area contributed by atoms with Gasteiger partial charge < -0.3 is 29.3 Å². The monoisotopic (exact) mass is 375 g/mol. The Labute approximate surface area is 158 Å². The largest absolute Gasteiger partial charge is 0.493 e. The Morgan fingerprint density at radius 1 is 0.963 bits per heavy atom. The van der Waals surface area contributed by atoms with E-state index in [1.54, 1.807) is 20.3 Å². The summed E-state index contributed by atoms with van der Waals surface area (Å²) >= 11 is 0. The summed E-state index contributed by atoms with van der Waals surface area (Å²) in [6, 6.07) is 9.13. The molecule has 146 valence electrons. The lowest BCUT2D eigenvalue weighted by molar-refractivity contribution is -0.229. The molecule has 2 atom stereocenters. The molecule has 0 bridgehead atoms. The van der Waals surface area contributed by atoms with Gasteiger partial charge in [0.1, 0.15) is 6.23 Å². The number of aliphatic hydroxyl groups is 1. The fraction of sp³-hybridized carbons (Fsp3) is 0.400. The number of hydroxylamine groups is 2. The van der Waals surface area contributed by atoms with E-state index in [-0.39, 0.29) is 0 Å². The maximum Gasteiger partial charge on any atom is 0.207 e. The van der Waals surface area contributed by atoms with Gasteiger partial charge in [0, 0.05) is 12.0 Å². The zero-order chi connectivity index (χ0) is 19.6. The smallest absolute Gasteiger partial charge is 0.207 e. The lowest BCUT2D eigenvalue weighted by atomic mass is 9.89. The summed E-state index contributed by atoms with van der Waals surface area (Å²) in [4.78, 5) is 0. The highest BCUT2D eigenvalue weighted by Crippen LogP contribution is 2.48. The third-order valence-corrected chi connectivity index (χ3v) is 4.92. The molecule has 0 saturated heterocycles. The van der Waals surface area contributed by atoms with Crippen molar-refractivity contribution >= 4 is 0 Å². The topological polar surface area (TPSA) is 80.6 Å². The first kappa shape index (κ1) is 19.3. The van der Waals surface area contributed by atoms with E-state index in [0.29, 0.717) is 35.8 Å². The molecule has 0 aliphatic carbocycles. The second kappa shape index (κ2) is 8.04. The van der Waals surface area contributed by atoms with Crippen molar-refractivity contribution in [2.24, 2.45) is 0 Å². The summed E-state index contributed by atoms with van der Waals surface area (Å²) in [5.41, 5.74) is 2.73. The van der Waals surface area contributed by atoms with E-state index in [1.807, 2.05) is 24.3 Å². The third-order valence-electron chi connectivity index (χ3n) is 4.92. The molecule has 0 radical (unpaired) electrons. The van der Waals surface area contributed by atoms with Gasteiger partial charge in [0.2, 0.25) is 11.5 Å². The fourth-order valence-corrected chi connectivity index (χ4v) is 3.65. The maximum absolute atomic E-state index is 10.5. The zero-order valence-electron chi connectivity index (χ0n) is 15.9. The molecule has 7 heteroatoms. The number of nitrogens with zero attached hydrogens (tertiary/aromatic N) is 1. The number of ether oxygens (including phenoxy) is 4. The van der Waals surface area contributed by atoms with Crippen molar-refractivity contribution < 1.29 is 29.3 Å². The summed E-state index contributed by atoms with van der Waals surface area (Å²) in [6.45, 7) is 0. The van der Waals surface area contributed by atoms with E-state index in [1.165, 1.54) is 14.2 Å². The Kier molecular flexibility index (Phi) is 5.74. The van der Waals surface area contributed by atoms with Crippen molar-refractivity contribution in [3.05, 3.63) is 47.0 Å². The van der Waals surface area contributed by atoms with Crippen LogP contribution in [0, 0.1) is 0 Å². The van der Waals surface area contributed by atoms with Crippen molar-refractivity contribution in [2.75, 3.05) is 28.4 Å². The Morgan fingerprint density at radius 3 is 2.26 bits per heavy atom. The molecule has 1 aliphatic heterocycles. The lowest BCUT2D eigenvalue weighted by Crippen LogP contribution is -2.42. The molecule has 1 heterocycles. The number of fused-ring (bicyclic) bond motifs is 1. The van der Waals surface area contributed by atoms with Crippen molar-refractivity contribution in [3.63, 3.8) is 0 Å². The molecular formula is C20H25NO6.